The Hall–Kier alpha value is -3.39. The molecule has 2 aromatic rings. The first-order valence-electron chi connectivity index (χ1n) is 13.2. The Kier molecular flexibility index (Phi) is 6.70. The number of likely N-dealkylation sites (tertiary alicyclic amines) is 2. The number of rotatable bonds is 3. The molecule has 3 aliphatic rings. The Morgan fingerprint density at radius 3 is 2.30 bits per heavy atom. The quantitative estimate of drug-likeness (QED) is 0.625. The Balaban J connectivity index is 1.40. The van der Waals surface area contributed by atoms with Gasteiger partial charge in [-0.2, -0.15) is 0 Å². The highest BCUT2D eigenvalue weighted by Gasteiger charge is 2.41. The van der Waals surface area contributed by atoms with Crippen molar-refractivity contribution in [3.63, 3.8) is 0 Å². The monoisotopic (exact) mass is 504 g/mol. The fourth-order valence-corrected chi connectivity index (χ4v) is 6.05. The standard InChI is InChI=1S/C29H36N4O4/c1-18(2)37-29(36)32-15-19(3)33(20(4)34)25-11-10-23(14-26(25)32)21-6-8-22(9-7-21)28(35)31-16-24-12-13-30(5)27(24)17-31/h6-11,14,18-19,24,27H,12-13,15-17H2,1-5H3/t19-,24+,27-/m0/s1. The first-order valence-corrected chi connectivity index (χ1v) is 13.2. The maximum Gasteiger partial charge on any atom is 0.414 e. The van der Waals surface area contributed by atoms with E-state index in [9.17, 15) is 14.4 Å². The lowest BCUT2D eigenvalue weighted by Gasteiger charge is -2.40. The average molecular weight is 505 g/mol. The van der Waals surface area contributed by atoms with Gasteiger partial charge in [0.05, 0.1) is 23.5 Å². The topological polar surface area (TPSA) is 73.4 Å². The van der Waals surface area contributed by atoms with Crippen LogP contribution in [0.2, 0.25) is 0 Å². The highest BCUT2D eigenvalue weighted by molar-refractivity contribution is 6.03. The summed E-state index contributed by atoms with van der Waals surface area (Å²) in [6.45, 7) is 10.2. The molecule has 0 bridgehead atoms. The Morgan fingerprint density at radius 2 is 1.65 bits per heavy atom. The van der Waals surface area contributed by atoms with Gasteiger partial charge in [0.25, 0.3) is 5.91 Å². The van der Waals surface area contributed by atoms with Gasteiger partial charge in [0, 0.05) is 38.2 Å². The average Bonchev–Trinajstić information content (AvgIpc) is 3.44. The molecule has 37 heavy (non-hydrogen) atoms. The lowest BCUT2D eigenvalue weighted by Crippen LogP contribution is -2.51. The number of hydrogen-bond donors (Lipinski definition) is 0. The number of anilines is 2. The van der Waals surface area contributed by atoms with Crippen LogP contribution < -0.4 is 9.80 Å². The predicted molar refractivity (Wildman–Crippen MR) is 144 cm³/mol. The van der Waals surface area contributed by atoms with Crippen molar-refractivity contribution in [1.82, 2.24) is 9.80 Å². The molecule has 0 radical (unpaired) electrons. The zero-order valence-corrected chi connectivity index (χ0v) is 22.3. The first-order chi connectivity index (χ1) is 17.6. The van der Waals surface area contributed by atoms with Crippen LogP contribution in [0.3, 0.4) is 0 Å². The number of ether oxygens (including phenoxy) is 1. The van der Waals surface area contributed by atoms with E-state index in [2.05, 4.69) is 11.9 Å². The second-order valence-corrected chi connectivity index (χ2v) is 10.9. The molecular weight excluding hydrogens is 468 g/mol. The largest absolute Gasteiger partial charge is 0.446 e. The number of carbonyl (C=O) groups is 3. The third kappa shape index (κ3) is 4.70. The van der Waals surface area contributed by atoms with Crippen molar-refractivity contribution in [1.29, 1.82) is 0 Å². The summed E-state index contributed by atoms with van der Waals surface area (Å²) in [5, 5.41) is 0. The third-order valence-corrected chi connectivity index (χ3v) is 7.89. The molecule has 0 aromatic heterocycles. The summed E-state index contributed by atoms with van der Waals surface area (Å²) in [5.41, 5.74) is 3.84. The van der Waals surface area contributed by atoms with Crippen molar-refractivity contribution < 1.29 is 19.1 Å². The Bertz CT molecular complexity index is 1210. The molecule has 3 heterocycles. The molecule has 3 atom stereocenters. The first kappa shape index (κ1) is 25.3. The van der Waals surface area contributed by atoms with Crippen LogP contribution in [0.15, 0.2) is 42.5 Å². The van der Waals surface area contributed by atoms with E-state index in [1.165, 1.54) is 6.92 Å². The fraction of sp³-hybridized carbons (Fsp3) is 0.483. The molecule has 8 heteroatoms. The van der Waals surface area contributed by atoms with Crippen LogP contribution >= 0.6 is 0 Å². The molecule has 2 aromatic carbocycles. The summed E-state index contributed by atoms with van der Waals surface area (Å²) in [7, 11) is 2.14. The SMILES string of the molecule is CC(=O)N1c2ccc(-c3ccc(C(=O)N4C[C@H]5CCN(C)[C@H]5C4)cc3)cc2N(C(=O)OC(C)C)C[C@@H]1C. The number of fused-ring (bicyclic) bond motifs is 2. The molecule has 0 saturated carbocycles. The summed E-state index contributed by atoms with van der Waals surface area (Å²) < 4.78 is 5.50. The molecule has 3 aliphatic heterocycles. The van der Waals surface area contributed by atoms with Crippen molar-refractivity contribution in [3.8, 4) is 11.1 Å². The molecule has 2 saturated heterocycles. The van der Waals surface area contributed by atoms with Crippen molar-refractivity contribution in [2.24, 2.45) is 5.92 Å². The number of nitrogens with zero attached hydrogens (tertiary/aromatic N) is 4. The van der Waals surface area contributed by atoms with Gasteiger partial charge in [0.2, 0.25) is 5.91 Å². The number of likely N-dealkylation sites (N-methyl/N-ethyl adjacent to an activating group) is 1. The Morgan fingerprint density at radius 1 is 0.946 bits per heavy atom. The van der Waals surface area contributed by atoms with Gasteiger partial charge >= 0.3 is 6.09 Å². The highest BCUT2D eigenvalue weighted by Crippen LogP contribution is 2.39. The molecule has 8 nitrogen and oxygen atoms in total. The molecule has 5 rings (SSSR count). The van der Waals surface area contributed by atoms with Crippen LogP contribution in [-0.4, -0.2) is 79.1 Å². The number of hydrogen-bond acceptors (Lipinski definition) is 5. The molecule has 0 aliphatic carbocycles. The van der Waals surface area contributed by atoms with Crippen LogP contribution in [0, 0.1) is 5.92 Å². The number of carbonyl (C=O) groups excluding carboxylic acids is 3. The van der Waals surface area contributed by atoms with Crippen molar-refractivity contribution in [2.45, 2.75) is 52.3 Å². The Labute approximate surface area is 218 Å². The maximum absolute atomic E-state index is 13.2. The van der Waals surface area contributed by atoms with E-state index in [0.29, 0.717) is 35.4 Å². The minimum absolute atomic E-state index is 0.0708. The van der Waals surface area contributed by atoms with Crippen LogP contribution in [0.1, 0.15) is 44.5 Å². The van der Waals surface area contributed by atoms with E-state index in [0.717, 1.165) is 37.2 Å². The summed E-state index contributed by atoms with van der Waals surface area (Å²) in [6, 6.07) is 13.7. The summed E-state index contributed by atoms with van der Waals surface area (Å²) in [6.07, 6.45) is 0.482. The zero-order chi connectivity index (χ0) is 26.4. The molecular formula is C29H36N4O4. The second kappa shape index (κ2) is 9.82. The maximum atomic E-state index is 13.2. The van der Waals surface area contributed by atoms with E-state index in [4.69, 9.17) is 4.74 Å². The van der Waals surface area contributed by atoms with Gasteiger partial charge in [0.1, 0.15) is 0 Å². The molecule has 3 amide bonds. The molecule has 0 N–H and O–H groups in total. The van der Waals surface area contributed by atoms with Crippen LogP contribution in [0.25, 0.3) is 11.1 Å². The minimum Gasteiger partial charge on any atom is -0.446 e. The highest BCUT2D eigenvalue weighted by atomic mass is 16.6. The normalized spacial score (nSPS) is 23.3. The number of amides is 3. The molecule has 2 fully saturated rings. The van der Waals surface area contributed by atoms with E-state index >= 15 is 0 Å². The van der Waals surface area contributed by atoms with E-state index in [1.807, 2.05) is 68.1 Å². The van der Waals surface area contributed by atoms with Crippen LogP contribution in [-0.2, 0) is 9.53 Å². The lowest BCUT2D eigenvalue weighted by atomic mass is 9.99. The smallest absolute Gasteiger partial charge is 0.414 e. The van der Waals surface area contributed by atoms with Gasteiger partial charge in [-0.15, -0.1) is 0 Å². The van der Waals surface area contributed by atoms with Crippen LogP contribution in [0.5, 0.6) is 0 Å². The molecule has 0 unspecified atom stereocenters. The third-order valence-electron chi connectivity index (χ3n) is 7.89. The molecule has 0 spiro atoms. The van der Waals surface area contributed by atoms with E-state index < -0.39 is 6.09 Å². The van der Waals surface area contributed by atoms with Gasteiger partial charge < -0.3 is 19.4 Å². The number of benzene rings is 2. The van der Waals surface area contributed by atoms with Crippen molar-refractivity contribution >= 4 is 29.3 Å². The minimum atomic E-state index is -0.426. The van der Waals surface area contributed by atoms with Crippen molar-refractivity contribution in [3.05, 3.63) is 48.0 Å². The summed E-state index contributed by atoms with van der Waals surface area (Å²) in [5.74, 6) is 0.582. The van der Waals surface area contributed by atoms with Gasteiger partial charge in [-0.1, -0.05) is 18.2 Å². The predicted octanol–water partition coefficient (Wildman–Crippen LogP) is 4.24. The zero-order valence-electron chi connectivity index (χ0n) is 22.3. The van der Waals surface area contributed by atoms with E-state index in [1.54, 1.807) is 9.80 Å². The van der Waals surface area contributed by atoms with Gasteiger partial charge in [-0.3, -0.25) is 14.5 Å². The van der Waals surface area contributed by atoms with E-state index in [-0.39, 0.29) is 24.0 Å². The van der Waals surface area contributed by atoms with Crippen molar-refractivity contribution in [2.75, 3.05) is 43.0 Å². The van der Waals surface area contributed by atoms with Gasteiger partial charge in [-0.05, 0) is 82.1 Å². The molecule has 196 valence electrons. The van der Waals surface area contributed by atoms with Gasteiger partial charge in [0.15, 0.2) is 0 Å². The van der Waals surface area contributed by atoms with Gasteiger partial charge in [-0.25, -0.2) is 4.79 Å². The fourth-order valence-electron chi connectivity index (χ4n) is 6.05. The lowest BCUT2D eigenvalue weighted by molar-refractivity contribution is -0.117. The van der Waals surface area contributed by atoms with Crippen LogP contribution in [0.4, 0.5) is 16.2 Å². The second-order valence-electron chi connectivity index (χ2n) is 10.9. The summed E-state index contributed by atoms with van der Waals surface area (Å²) >= 11 is 0. The summed E-state index contributed by atoms with van der Waals surface area (Å²) in [4.78, 5) is 46.2.